The molecule has 9 heteroatoms. The van der Waals surface area contributed by atoms with Crippen molar-refractivity contribution >= 4 is 34.9 Å². The first kappa shape index (κ1) is 14.2. The van der Waals surface area contributed by atoms with E-state index in [2.05, 4.69) is 10.3 Å². The van der Waals surface area contributed by atoms with Gasteiger partial charge in [-0.05, 0) is 13.8 Å². The second-order valence-corrected chi connectivity index (χ2v) is 5.17. The summed E-state index contributed by atoms with van der Waals surface area (Å²) in [6, 6.07) is 2.28. The first-order valence-electron chi connectivity index (χ1n) is 5.65. The number of nitro groups is 1. The molecule has 0 aliphatic carbocycles. The van der Waals surface area contributed by atoms with Crippen LogP contribution in [0.5, 0.6) is 0 Å². The van der Waals surface area contributed by atoms with E-state index in [9.17, 15) is 19.7 Å². The molecule has 106 valence electrons. The van der Waals surface area contributed by atoms with E-state index in [-0.39, 0.29) is 23.2 Å². The Balaban J connectivity index is 2.51. The molecule has 20 heavy (non-hydrogen) atoms. The molecule has 0 unspecified atom stereocenters. The van der Waals surface area contributed by atoms with Crippen LogP contribution in [0.15, 0.2) is 12.1 Å². The Morgan fingerprint density at radius 2 is 2.10 bits per heavy atom. The van der Waals surface area contributed by atoms with Crippen LogP contribution in [0.25, 0.3) is 0 Å². The lowest BCUT2D eigenvalue weighted by Gasteiger charge is -2.40. The van der Waals surface area contributed by atoms with Crippen molar-refractivity contribution in [2.24, 2.45) is 0 Å². The van der Waals surface area contributed by atoms with Gasteiger partial charge in [0.1, 0.15) is 16.5 Å². The maximum atomic E-state index is 11.8. The summed E-state index contributed by atoms with van der Waals surface area (Å²) in [6.45, 7) is 3.04. The van der Waals surface area contributed by atoms with Crippen LogP contribution in [0, 0.1) is 10.1 Å². The predicted molar refractivity (Wildman–Crippen MR) is 70.5 cm³/mol. The summed E-state index contributed by atoms with van der Waals surface area (Å²) >= 11 is 5.75. The van der Waals surface area contributed by atoms with Crippen molar-refractivity contribution in [3.8, 4) is 0 Å². The van der Waals surface area contributed by atoms with Gasteiger partial charge in [-0.3, -0.25) is 25.0 Å². The van der Waals surface area contributed by atoms with Crippen molar-refractivity contribution in [2.45, 2.75) is 19.4 Å². The zero-order valence-electron chi connectivity index (χ0n) is 10.7. The fraction of sp³-hybridized carbons (Fsp3) is 0.364. The van der Waals surface area contributed by atoms with Gasteiger partial charge in [-0.15, -0.1) is 0 Å². The molecule has 1 aromatic heterocycles. The van der Waals surface area contributed by atoms with Gasteiger partial charge in [-0.1, -0.05) is 11.6 Å². The van der Waals surface area contributed by atoms with E-state index >= 15 is 0 Å². The fourth-order valence-electron chi connectivity index (χ4n) is 1.86. The minimum absolute atomic E-state index is 0.0802. The van der Waals surface area contributed by atoms with Crippen molar-refractivity contribution in [3.05, 3.63) is 27.4 Å². The Labute approximate surface area is 118 Å². The summed E-state index contributed by atoms with van der Waals surface area (Å²) in [5.41, 5.74) is -1.33. The second-order valence-electron chi connectivity index (χ2n) is 4.79. The molecule has 0 spiro atoms. The van der Waals surface area contributed by atoms with Gasteiger partial charge in [0.2, 0.25) is 5.91 Å². The third-order valence-electron chi connectivity index (χ3n) is 3.04. The molecular formula is C11H11ClN4O4. The molecule has 0 atom stereocenters. The number of carbonyl (C=O) groups excluding carboxylic acids is 2. The maximum Gasteiger partial charge on any atom is 0.276 e. The Morgan fingerprint density at radius 3 is 2.70 bits per heavy atom. The van der Waals surface area contributed by atoms with Crippen LogP contribution in [0.3, 0.4) is 0 Å². The van der Waals surface area contributed by atoms with E-state index < -0.39 is 22.3 Å². The number of rotatable bonds is 2. The lowest BCUT2D eigenvalue weighted by atomic mass is 9.98. The fourth-order valence-corrected chi connectivity index (χ4v) is 2.06. The number of imide groups is 1. The Morgan fingerprint density at radius 1 is 1.45 bits per heavy atom. The number of anilines is 1. The van der Waals surface area contributed by atoms with Gasteiger partial charge in [-0.25, -0.2) is 4.98 Å². The topological polar surface area (TPSA) is 105 Å². The van der Waals surface area contributed by atoms with Crippen molar-refractivity contribution < 1.29 is 14.5 Å². The number of nitrogens with zero attached hydrogens (tertiary/aromatic N) is 3. The van der Waals surface area contributed by atoms with E-state index in [1.54, 1.807) is 13.8 Å². The first-order chi connectivity index (χ1) is 9.21. The molecule has 2 rings (SSSR count). The Hall–Kier alpha value is -2.22. The van der Waals surface area contributed by atoms with Gasteiger partial charge in [0.15, 0.2) is 0 Å². The zero-order valence-corrected chi connectivity index (χ0v) is 11.5. The minimum atomic E-state index is -1.07. The van der Waals surface area contributed by atoms with Gasteiger partial charge >= 0.3 is 0 Å². The highest BCUT2D eigenvalue weighted by Crippen LogP contribution is 2.29. The molecular weight excluding hydrogens is 288 g/mol. The molecule has 2 amide bonds. The summed E-state index contributed by atoms with van der Waals surface area (Å²) in [7, 11) is 0. The second kappa shape index (κ2) is 4.71. The van der Waals surface area contributed by atoms with Crippen LogP contribution in [0.2, 0.25) is 5.15 Å². The quantitative estimate of drug-likeness (QED) is 0.376. The normalized spacial score (nSPS) is 17.9. The molecule has 1 aromatic rings. The van der Waals surface area contributed by atoms with E-state index in [1.165, 1.54) is 11.0 Å². The zero-order chi connectivity index (χ0) is 15.1. The number of aromatic nitrogens is 1. The number of halogens is 1. The average Bonchev–Trinajstić information content (AvgIpc) is 2.33. The molecule has 0 radical (unpaired) electrons. The van der Waals surface area contributed by atoms with Gasteiger partial charge < -0.3 is 4.90 Å². The van der Waals surface area contributed by atoms with Gasteiger partial charge in [-0.2, -0.15) is 0 Å². The Bertz CT molecular complexity index is 616. The van der Waals surface area contributed by atoms with Crippen LogP contribution in [-0.2, 0) is 9.59 Å². The SMILES string of the molecule is CC1(C)C(=O)NC(=O)CN1c1cc([N+](=O)[O-])cc(Cl)n1. The molecule has 0 bridgehead atoms. The van der Waals surface area contributed by atoms with Crippen LogP contribution in [0.4, 0.5) is 11.5 Å². The number of hydrogen-bond donors (Lipinski definition) is 1. The number of hydrogen-bond acceptors (Lipinski definition) is 6. The number of amides is 2. The number of carbonyl (C=O) groups is 2. The average molecular weight is 299 g/mol. The predicted octanol–water partition coefficient (Wildman–Crippen LogP) is 0.885. The minimum Gasteiger partial charge on any atom is -0.333 e. The van der Waals surface area contributed by atoms with E-state index in [1.807, 2.05) is 0 Å². The molecule has 1 fully saturated rings. The molecule has 1 aliphatic rings. The number of pyridine rings is 1. The molecule has 1 saturated heterocycles. The van der Waals surface area contributed by atoms with Crippen LogP contribution < -0.4 is 10.2 Å². The number of piperazine rings is 1. The van der Waals surface area contributed by atoms with Crippen molar-refractivity contribution in [1.29, 1.82) is 0 Å². The third kappa shape index (κ3) is 2.42. The highest BCUT2D eigenvalue weighted by atomic mass is 35.5. The van der Waals surface area contributed by atoms with E-state index in [0.717, 1.165) is 6.07 Å². The van der Waals surface area contributed by atoms with Gasteiger partial charge in [0, 0.05) is 0 Å². The maximum absolute atomic E-state index is 11.8. The summed E-state index contributed by atoms with van der Waals surface area (Å²) in [5.74, 6) is -0.894. The number of nitrogens with one attached hydrogen (secondary N) is 1. The first-order valence-corrected chi connectivity index (χ1v) is 6.03. The molecule has 8 nitrogen and oxygen atoms in total. The molecule has 0 aromatic carbocycles. The lowest BCUT2D eigenvalue weighted by Crippen LogP contribution is -2.64. The third-order valence-corrected chi connectivity index (χ3v) is 3.23. The van der Waals surface area contributed by atoms with Gasteiger partial charge in [0.05, 0.1) is 23.6 Å². The van der Waals surface area contributed by atoms with Crippen LogP contribution >= 0.6 is 11.6 Å². The van der Waals surface area contributed by atoms with Crippen molar-refractivity contribution in [3.63, 3.8) is 0 Å². The van der Waals surface area contributed by atoms with E-state index in [0.29, 0.717) is 0 Å². The summed E-state index contributed by atoms with van der Waals surface area (Å²) in [6.07, 6.45) is 0. The summed E-state index contributed by atoms with van der Waals surface area (Å²) in [5, 5.41) is 13.0. The highest BCUT2D eigenvalue weighted by molar-refractivity contribution is 6.29. The highest BCUT2D eigenvalue weighted by Gasteiger charge is 2.42. The summed E-state index contributed by atoms with van der Waals surface area (Å²) < 4.78 is 0. The van der Waals surface area contributed by atoms with Crippen molar-refractivity contribution in [1.82, 2.24) is 10.3 Å². The standard InChI is InChI=1S/C11H11ClN4O4/c1-11(2)10(18)14-9(17)5-15(11)8-4-6(16(19)20)3-7(12)13-8/h3-4H,5H2,1-2H3,(H,14,17,18). The molecule has 1 N–H and O–H groups in total. The smallest absolute Gasteiger partial charge is 0.276 e. The van der Waals surface area contributed by atoms with Crippen molar-refractivity contribution in [2.75, 3.05) is 11.4 Å². The lowest BCUT2D eigenvalue weighted by molar-refractivity contribution is -0.384. The molecule has 0 saturated carbocycles. The summed E-state index contributed by atoms with van der Waals surface area (Å²) in [4.78, 5) is 38.9. The Kier molecular flexibility index (Phi) is 3.34. The van der Waals surface area contributed by atoms with Crippen LogP contribution in [-0.4, -0.2) is 33.8 Å². The monoisotopic (exact) mass is 298 g/mol. The van der Waals surface area contributed by atoms with Crippen LogP contribution in [0.1, 0.15) is 13.8 Å². The van der Waals surface area contributed by atoms with Gasteiger partial charge in [0.25, 0.3) is 11.6 Å². The molecule has 1 aliphatic heterocycles. The van der Waals surface area contributed by atoms with E-state index in [4.69, 9.17) is 11.6 Å². The largest absolute Gasteiger partial charge is 0.333 e. The molecule has 2 heterocycles.